The smallest absolute Gasteiger partial charge is 0.323 e. The van der Waals surface area contributed by atoms with Gasteiger partial charge in [0.15, 0.2) is 0 Å². The summed E-state index contributed by atoms with van der Waals surface area (Å²) < 4.78 is 6.72. The summed E-state index contributed by atoms with van der Waals surface area (Å²) in [7, 11) is 0. The highest BCUT2D eigenvalue weighted by atomic mass is 16.5. The van der Waals surface area contributed by atoms with Crippen molar-refractivity contribution in [3.8, 4) is 11.1 Å². The van der Waals surface area contributed by atoms with E-state index in [9.17, 15) is 9.90 Å². The molecule has 2 unspecified atom stereocenters. The predicted molar refractivity (Wildman–Crippen MR) is 123 cm³/mol. The number of ether oxygens (including phenoxy) is 1. The van der Waals surface area contributed by atoms with Crippen LogP contribution in [0, 0.1) is 0 Å². The topological polar surface area (TPSA) is 72.5 Å². The Labute approximate surface area is 183 Å². The first-order chi connectivity index (χ1) is 14.7. The quantitative estimate of drug-likeness (QED) is 0.610. The molecule has 31 heavy (non-hydrogen) atoms. The zero-order valence-corrected chi connectivity index (χ0v) is 18.4. The van der Waals surface area contributed by atoms with Gasteiger partial charge in [-0.2, -0.15) is 0 Å². The third-order valence-corrected chi connectivity index (χ3v) is 6.20. The van der Waals surface area contributed by atoms with Crippen LogP contribution >= 0.6 is 0 Å². The van der Waals surface area contributed by atoms with Gasteiger partial charge in [-0.05, 0) is 34.6 Å². The van der Waals surface area contributed by atoms with Gasteiger partial charge in [0.05, 0.1) is 6.10 Å². The second kappa shape index (κ2) is 7.63. The number of carbonyl (C=O) groups is 1. The number of carboxylic acid groups (broad SMARTS) is 1. The first-order valence-electron chi connectivity index (χ1n) is 10.6. The highest BCUT2D eigenvalue weighted by molar-refractivity contribution is 5.83. The molecular weight excluding hydrogens is 386 g/mol. The third-order valence-electron chi connectivity index (χ3n) is 6.20. The zero-order chi connectivity index (χ0) is 22.4. The maximum absolute atomic E-state index is 11.6. The first-order valence-corrected chi connectivity index (χ1v) is 10.6. The average Bonchev–Trinajstić information content (AvgIpc) is 3.03. The van der Waals surface area contributed by atoms with Gasteiger partial charge in [-0.1, -0.05) is 93.6 Å². The van der Waals surface area contributed by atoms with Crippen molar-refractivity contribution in [1.29, 1.82) is 0 Å². The van der Waals surface area contributed by atoms with E-state index in [-0.39, 0.29) is 5.41 Å². The van der Waals surface area contributed by atoms with Crippen LogP contribution in [-0.2, 0) is 20.5 Å². The van der Waals surface area contributed by atoms with Crippen molar-refractivity contribution in [2.24, 2.45) is 5.73 Å². The number of carboxylic acids is 1. The minimum Gasteiger partial charge on any atom is -0.480 e. The van der Waals surface area contributed by atoms with E-state index in [1.165, 1.54) is 5.56 Å². The normalized spacial score (nSPS) is 19.4. The maximum Gasteiger partial charge on any atom is 0.323 e. The predicted octanol–water partition coefficient (Wildman–Crippen LogP) is 5.07. The van der Waals surface area contributed by atoms with E-state index < -0.39 is 23.7 Å². The van der Waals surface area contributed by atoms with Crippen molar-refractivity contribution in [3.63, 3.8) is 0 Å². The fourth-order valence-corrected chi connectivity index (χ4v) is 4.44. The summed E-state index contributed by atoms with van der Waals surface area (Å²) in [5.41, 5.74) is 11.4. The van der Waals surface area contributed by atoms with Crippen LogP contribution in [0.1, 0.15) is 49.9 Å². The third kappa shape index (κ3) is 3.46. The van der Waals surface area contributed by atoms with Gasteiger partial charge in [0.1, 0.15) is 11.6 Å². The van der Waals surface area contributed by atoms with E-state index in [4.69, 9.17) is 10.5 Å². The average molecular weight is 416 g/mol. The van der Waals surface area contributed by atoms with Crippen molar-refractivity contribution in [1.82, 2.24) is 0 Å². The SMILES string of the molecule is CC(OC1(c2ccccc2)c2ccccc2-c2ccc(C(C)(C)C)cc21)[C@H](N)C(=O)O. The molecule has 0 saturated heterocycles. The molecular formula is C27H29NO3. The van der Waals surface area contributed by atoms with Crippen LogP contribution in [0.3, 0.4) is 0 Å². The second-order valence-electron chi connectivity index (χ2n) is 9.29. The van der Waals surface area contributed by atoms with E-state index in [0.717, 1.165) is 27.8 Å². The highest BCUT2D eigenvalue weighted by Crippen LogP contribution is 2.54. The van der Waals surface area contributed by atoms with E-state index in [0.29, 0.717) is 0 Å². The van der Waals surface area contributed by atoms with Crippen LogP contribution < -0.4 is 5.73 Å². The molecule has 0 bridgehead atoms. The number of rotatable bonds is 5. The van der Waals surface area contributed by atoms with Crippen molar-refractivity contribution in [2.45, 2.75) is 50.9 Å². The molecule has 1 aliphatic carbocycles. The fraction of sp³-hybridized carbons (Fsp3) is 0.296. The molecule has 4 heteroatoms. The number of hydrogen-bond donors (Lipinski definition) is 2. The summed E-state index contributed by atoms with van der Waals surface area (Å²) in [4.78, 5) is 11.6. The van der Waals surface area contributed by atoms with Crippen LogP contribution in [0.4, 0.5) is 0 Å². The summed E-state index contributed by atoms with van der Waals surface area (Å²) in [5, 5.41) is 9.52. The summed E-state index contributed by atoms with van der Waals surface area (Å²) >= 11 is 0. The molecule has 0 amide bonds. The van der Waals surface area contributed by atoms with Gasteiger partial charge in [0, 0.05) is 11.1 Å². The number of aliphatic carboxylic acids is 1. The molecule has 3 atom stereocenters. The lowest BCUT2D eigenvalue weighted by molar-refractivity contribution is -0.144. The summed E-state index contributed by atoms with van der Waals surface area (Å²) in [6.45, 7) is 8.29. The molecule has 0 radical (unpaired) electrons. The van der Waals surface area contributed by atoms with Crippen molar-refractivity contribution < 1.29 is 14.6 Å². The minimum atomic E-state index is -1.14. The molecule has 0 heterocycles. The van der Waals surface area contributed by atoms with Gasteiger partial charge < -0.3 is 15.6 Å². The Morgan fingerprint density at radius 2 is 1.55 bits per heavy atom. The molecule has 4 nitrogen and oxygen atoms in total. The van der Waals surface area contributed by atoms with Crippen LogP contribution in [0.5, 0.6) is 0 Å². The van der Waals surface area contributed by atoms with Gasteiger partial charge in [0.25, 0.3) is 0 Å². The summed E-state index contributed by atoms with van der Waals surface area (Å²) in [6.07, 6.45) is -0.713. The Morgan fingerprint density at radius 3 is 2.19 bits per heavy atom. The van der Waals surface area contributed by atoms with Gasteiger partial charge in [-0.15, -0.1) is 0 Å². The molecule has 3 N–H and O–H groups in total. The maximum atomic E-state index is 11.6. The lowest BCUT2D eigenvalue weighted by atomic mass is 9.80. The van der Waals surface area contributed by atoms with Crippen LogP contribution in [0.2, 0.25) is 0 Å². The van der Waals surface area contributed by atoms with Gasteiger partial charge >= 0.3 is 5.97 Å². The molecule has 0 aliphatic heterocycles. The molecule has 0 spiro atoms. The number of fused-ring (bicyclic) bond motifs is 3. The fourth-order valence-electron chi connectivity index (χ4n) is 4.44. The van der Waals surface area contributed by atoms with Crippen molar-refractivity contribution >= 4 is 5.97 Å². The molecule has 4 rings (SSSR count). The Balaban J connectivity index is 2.03. The monoisotopic (exact) mass is 415 g/mol. The van der Waals surface area contributed by atoms with E-state index in [1.807, 2.05) is 42.5 Å². The minimum absolute atomic E-state index is 0.0463. The standard InChI is InChI=1S/C27H29NO3/c1-17(24(28)25(29)30)31-27(18-10-6-5-7-11-18)22-13-9-8-12-20(22)21-15-14-19(16-23(21)27)26(2,3)4/h5-17,24H,28H2,1-4H3,(H,29,30)/t17?,24-,27?/m0/s1. The number of benzene rings is 3. The van der Waals surface area contributed by atoms with E-state index >= 15 is 0 Å². The molecule has 0 aromatic heterocycles. The molecule has 3 aromatic rings. The molecule has 1 aliphatic rings. The van der Waals surface area contributed by atoms with Crippen molar-refractivity contribution in [3.05, 3.63) is 95.1 Å². The number of hydrogen-bond acceptors (Lipinski definition) is 3. The molecule has 160 valence electrons. The summed E-state index contributed by atoms with van der Waals surface area (Å²) in [6, 6.07) is 23.6. The molecule has 0 saturated carbocycles. The lowest BCUT2D eigenvalue weighted by Gasteiger charge is -2.37. The Bertz CT molecular complexity index is 1120. The second-order valence-corrected chi connectivity index (χ2v) is 9.29. The van der Waals surface area contributed by atoms with Crippen molar-refractivity contribution in [2.75, 3.05) is 0 Å². The number of nitrogens with two attached hydrogens (primary N) is 1. The largest absolute Gasteiger partial charge is 0.480 e. The van der Waals surface area contributed by atoms with Crippen LogP contribution in [-0.4, -0.2) is 23.2 Å². The van der Waals surface area contributed by atoms with E-state index in [2.05, 4.69) is 51.1 Å². The van der Waals surface area contributed by atoms with Gasteiger partial charge in [-0.25, -0.2) is 0 Å². The Morgan fingerprint density at radius 1 is 0.935 bits per heavy atom. The summed E-state index contributed by atoms with van der Waals surface area (Å²) in [5.74, 6) is -1.08. The Hall–Kier alpha value is -2.95. The molecule has 3 aromatic carbocycles. The van der Waals surface area contributed by atoms with Crippen LogP contribution in [0.25, 0.3) is 11.1 Å². The zero-order valence-electron chi connectivity index (χ0n) is 18.4. The first kappa shape index (κ1) is 21.3. The Kier molecular flexibility index (Phi) is 5.24. The van der Waals surface area contributed by atoms with Gasteiger partial charge in [0.2, 0.25) is 0 Å². The van der Waals surface area contributed by atoms with E-state index in [1.54, 1.807) is 6.92 Å². The van der Waals surface area contributed by atoms with Crippen LogP contribution in [0.15, 0.2) is 72.8 Å². The lowest BCUT2D eigenvalue weighted by Crippen LogP contribution is -2.46. The molecule has 0 fully saturated rings. The highest BCUT2D eigenvalue weighted by Gasteiger charge is 2.48. The van der Waals surface area contributed by atoms with Gasteiger partial charge in [-0.3, -0.25) is 4.79 Å².